The van der Waals surface area contributed by atoms with E-state index in [9.17, 15) is 4.79 Å². The van der Waals surface area contributed by atoms with Gasteiger partial charge in [-0.05, 0) is 41.3 Å². The third-order valence-corrected chi connectivity index (χ3v) is 3.63. The first-order valence-electron chi connectivity index (χ1n) is 6.58. The molecule has 0 aliphatic rings. The second kappa shape index (κ2) is 6.58. The lowest BCUT2D eigenvalue weighted by atomic mass is 9.93. The zero-order valence-corrected chi connectivity index (χ0v) is 12.5. The van der Waals surface area contributed by atoms with Gasteiger partial charge in [-0.3, -0.25) is 4.79 Å². The SMILES string of the molecule is CN(C)c1ccc(CC(C(=O)Cl)c2ccccc2)cc1. The second-order valence-corrected chi connectivity index (χ2v) is 5.40. The number of halogens is 1. The van der Waals surface area contributed by atoms with E-state index in [0.29, 0.717) is 6.42 Å². The molecular weight excluding hydrogens is 270 g/mol. The number of nitrogens with zero attached hydrogens (tertiary/aromatic N) is 1. The Morgan fingerprint density at radius 3 is 2.15 bits per heavy atom. The Morgan fingerprint density at radius 1 is 1.05 bits per heavy atom. The molecular formula is C17H18ClNO. The van der Waals surface area contributed by atoms with Crippen LogP contribution in [0.2, 0.25) is 0 Å². The molecule has 0 spiro atoms. The van der Waals surface area contributed by atoms with E-state index in [1.165, 1.54) is 0 Å². The highest BCUT2D eigenvalue weighted by molar-refractivity contribution is 6.64. The minimum atomic E-state index is -0.312. The zero-order chi connectivity index (χ0) is 14.5. The molecule has 20 heavy (non-hydrogen) atoms. The van der Waals surface area contributed by atoms with E-state index >= 15 is 0 Å². The van der Waals surface area contributed by atoms with Crippen LogP contribution in [-0.4, -0.2) is 19.3 Å². The van der Waals surface area contributed by atoms with E-state index in [1.807, 2.05) is 61.5 Å². The molecule has 0 radical (unpaired) electrons. The van der Waals surface area contributed by atoms with E-state index in [1.54, 1.807) is 0 Å². The predicted octanol–water partition coefficient (Wildman–Crippen LogP) is 3.84. The third kappa shape index (κ3) is 3.61. The van der Waals surface area contributed by atoms with Crippen molar-refractivity contribution in [3.8, 4) is 0 Å². The Labute approximate surface area is 125 Å². The van der Waals surface area contributed by atoms with Gasteiger partial charge < -0.3 is 4.90 Å². The van der Waals surface area contributed by atoms with Crippen molar-refractivity contribution < 1.29 is 4.79 Å². The summed E-state index contributed by atoms with van der Waals surface area (Å²) in [6.45, 7) is 0. The van der Waals surface area contributed by atoms with Crippen LogP contribution in [-0.2, 0) is 11.2 Å². The van der Waals surface area contributed by atoms with Gasteiger partial charge in [-0.2, -0.15) is 0 Å². The molecule has 1 unspecified atom stereocenters. The van der Waals surface area contributed by atoms with E-state index in [4.69, 9.17) is 11.6 Å². The summed E-state index contributed by atoms with van der Waals surface area (Å²) in [6, 6.07) is 17.9. The van der Waals surface area contributed by atoms with E-state index in [2.05, 4.69) is 12.1 Å². The minimum Gasteiger partial charge on any atom is -0.378 e. The molecule has 2 aromatic rings. The summed E-state index contributed by atoms with van der Waals surface area (Å²) in [5.41, 5.74) is 3.21. The lowest BCUT2D eigenvalue weighted by Crippen LogP contribution is -2.11. The van der Waals surface area contributed by atoms with Gasteiger partial charge in [-0.15, -0.1) is 0 Å². The Bertz CT molecular complexity index is 563. The Morgan fingerprint density at radius 2 is 1.65 bits per heavy atom. The molecule has 0 fully saturated rings. The van der Waals surface area contributed by atoms with Crippen molar-refractivity contribution in [1.29, 1.82) is 0 Å². The summed E-state index contributed by atoms with van der Waals surface area (Å²) in [5.74, 6) is -0.289. The summed E-state index contributed by atoms with van der Waals surface area (Å²) < 4.78 is 0. The predicted molar refractivity (Wildman–Crippen MR) is 84.5 cm³/mol. The summed E-state index contributed by atoms with van der Waals surface area (Å²) in [5, 5.41) is -0.312. The fourth-order valence-corrected chi connectivity index (χ4v) is 2.38. The molecule has 2 aromatic carbocycles. The molecule has 104 valence electrons. The van der Waals surface area contributed by atoms with Crippen molar-refractivity contribution >= 4 is 22.5 Å². The molecule has 0 N–H and O–H groups in total. The van der Waals surface area contributed by atoms with Crippen LogP contribution in [0.25, 0.3) is 0 Å². The van der Waals surface area contributed by atoms with Crippen LogP contribution in [0.3, 0.4) is 0 Å². The normalized spacial score (nSPS) is 11.9. The number of carbonyl (C=O) groups is 1. The highest BCUT2D eigenvalue weighted by atomic mass is 35.5. The lowest BCUT2D eigenvalue weighted by Gasteiger charge is -2.15. The maximum Gasteiger partial charge on any atom is 0.229 e. The van der Waals surface area contributed by atoms with Crippen LogP contribution in [0.5, 0.6) is 0 Å². The van der Waals surface area contributed by atoms with Gasteiger partial charge in [0.25, 0.3) is 0 Å². The first-order chi connectivity index (χ1) is 9.58. The molecule has 3 heteroatoms. The number of benzene rings is 2. The second-order valence-electron chi connectivity index (χ2n) is 5.03. The van der Waals surface area contributed by atoms with Gasteiger partial charge in [-0.1, -0.05) is 42.5 Å². The van der Waals surface area contributed by atoms with Crippen molar-refractivity contribution in [2.24, 2.45) is 0 Å². The summed E-state index contributed by atoms with van der Waals surface area (Å²) in [6.07, 6.45) is 0.625. The van der Waals surface area contributed by atoms with Gasteiger partial charge >= 0.3 is 0 Å². The van der Waals surface area contributed by atoms with Crippen molar-refractivity contribution in [3.05, 3.63) is 65.7 Å². The Balaban J connectivity index is 2.19. The molecule has 0 amide bonds. The van der Waals surface area contributed by atoms with E-state index < -0.39 is 0 Å². The fraction of sp³-hybridized carbons (Fsp3) is 0.235. The first kappa shape index (κ1) is 14.6. The van der Waals surface area contributed by atoms with Crippen molar-refractivity contribution in [2.75, 3.05) is 19.0 Å². The maximum atomic E-state index is 11.7. The van der Waals surface area contributed by atoms with Gasteiger partial charge in [0.15, 0.2) is 0 Å². The first-order valence-corrected chi connectivity index (χ1v) is 6.96. The van der Waals surface area contributed by atoms with Gasteiger partial charge in [0.05, 0.1) is 5.92 Å². The number of hydrogen-bond donors (Lipinski definition) is 0. The molecule has 0 aliphatic heterocycles. The van der Waals surface area contributed by atoms with Gasteiger partial charge in [-0.25, -0.2) is 0 Å². The van der Waals surface area contributed by atoms with Gasteiger partial charge in [0.2, 0.25) is 5.24 Å². The zero-order valence-electron chi connectivity index (χ0n) is 11.7. The number of hydrogen-bond acceptors (Lipinski definition) is 2. The molecule has 2 nitrogen and oxygen atoms in total. The largest absolute Gasteiger partial charge is 0.378 e. The lowest BCUT2D eigenvalue weighted by molar-refractivity contribution is -0.113. The van der Waals surface area contributed by atoms with Crippen LogP contribution >= 0.6 is 11.6 Å². The van der Waals surface area contributed by atoms with Crippen molar-refractivity contribution in [2.45, 2.75) is 12.3 Å². The van der Waals surface area contributed by atoms with Crippen LogP contribution in [0.15, 0.2) is 54.6 Å². The maximum absolute atomic E-state index is 11.7. The molecule has 2 rings (SSSR count). The number of anilines is 1. The molecule has 0 aromatic heterocycles. The number of rotatable bonds is 5. The van der Waals surface area contributed by atoms with Crippen LogP contribution in [0, 0.1) is 0 Å². The third-order valence-electron chi connectivity index (χ3n) is 3.37. The molecule has 0 heterocycles. The molecule has 0 aliphatic carbocycles. The Kier molecular flexibility index (Phi) is 4.80. The topological polar surface area (TPSA) is 20.3 Å². The highest BCUT2D eigenvalue weighted by Crippen LogP contribution is 2.24. The average Bonchev–Trinajstić information content (AvgIpc) is 2.46. The van der Waals surface area contributed by atoms with Gasteiger partial charge in [0, 0.05) is 19.8 Å². The van der Waals surface area contributed by atoms with E-state index in [-0.39, 0.29) is 11.2 Å². The summed E-state index contributed by atoms with van der Waals surface area (Å²) in [7, 11) is 4.01. The van der Waals surface area contributed by atoms with Crippen LogP contribution in [0.4, 0.5) is 5.69 Å². The van der Waals surface area contributed by atoms with Gasteiger partial charge in [0.1, 0.15) is 0 Å². The minimum absolute atomic E-state index is 0.289. The van der Waals surface area contributed by atoms with E-state index in [0.717, 1.165) is 16.8 Å². The van der Waals surface area contributed by atoms with Crippen LogP contribution in [0.1, 0.15) is 17.0 Å². The quantitative estimate of drug-likeness (QED) is 0.779. The molecule has 0 saturated heterocycles. The summed E-state index contributed by atoms with van der Waals surface area (Å²) in [4.78, 5) is 13.7. The molecule has 1 atom stereocenters. The molecule has 0 bridgehead atoms. The monoisotopic (exact) mass is 287 g/mol. The average molecular weight is 288 g/mol. The summed E-state index contributed by atoms with van der Waals surface area (Å²) >= 11 is 5.76. The van der Waals surface area contributed by atoms with Crippen molar-refractivity contribution in [1.82, 2.24) is 0 Å². The molecule has 0 saturated carbocycles. The smallest absolute Gasteiger partial charge is 0.229 e. The van der Waals surface area contributed by atoms with Crippen molar-refractivity contribution in [3.63, 3.8) is 0 Å². The number of carbonyl (C=O) groups excluding carboxylic acids is 1. The fourth-order valence-electron chi connectivity index (χ4n) is 2.18. The Hall–Kier alpha value is -1.80. The highest BCUT2D eigenvalue weighted by Gasteiger charge is 2.18. The standard InChI is InChI=1S/C17H18ClNO/c1-19(2)15-10-8-13(9-11-15)12-16(17(18)20)14-6-4-3-5-7-14/h3-11,16H,12H2,1-2H3. The van der Waals surface area contributed by atoms with Crippen LogP contribution < -0.4 is 4.90 Å².